The van der Waals surface area contributed by atoms with Gasteiger partial charge in [0.15, 0.2) is 11.5 Å². The monoisotopic (exact) mass is 476 g/mol. The van der Waals surface area contributed by atoms with Crippen LogP contribution >= 0.6 is 11.6 Å². The molecule has 1 unspecified atom stereocenters. The first-order chi connectivity index (χ1) is 16.7. The number of aromatic nitrogens is 1. The zero-order chi connectivity index (χ0) is 23.2. The van der Waals surface area contributed by atoms with Gasteiger partial charge in [-0.1, -0.05) is 29.8 Å². The Labute approximate surface area is 202 Å². The molecule has 1 aromatic heterocycles. The van der Waals surface area contributed by atoms with E-state index in [1.54, 1.807) is 14.2 Å². The second-order valence-electron chi connectivity index (χ2n) is 8.59. The molecule has 0 amide bonds. The van der Waals surface area contributed by atoms with Crippen molar-refractivity contribution in [1.82, 2.24) is 9.88 Å². The highest BCUT2D eigenvalue weighted by Crippen LogP contribution is 2.44. The number of methoxy groups -OCH3 is 2. The molecule has 0 aliphatic carbocycles. The number of benzene rings is 3. The topological polar surface area (TPSA) is 56.0 Å². The van der Waals surface area contributed by atoms with Crippen LogP contribution in [0.4, 0.5) is 0 Å². The number of rotatable bonds is 5. The first kappa shape index (κ1) is 21.2. The van der Waals surface area contributed by atoms with E-state index in [-0.39, 0.29) is 12.8 Å². The highest BCUT2D eigenvalue weighted by Gasteiger charge is 2.34. The lowest BCUT2D eigenvalue weighted by atomic mass is 9.91. The molecule has 174 valence electrons. The van der Waals surface area contributed by atoms with Crippen molar-refractivity contribution in [3.05, 3.63) is 82.0 Å². The summed E-state index contributed by atoms with van der Waals surface area (Å²) in [5.41, 5.74) is 5.71. The summed E-state index contributed by atoms with van der Waals surface area (Å²) in [5, 5.41) is 1.94. The molecule has 6 rings (SSSR count). The Bertz CT molecular complexity index is 1380. The molecule has 0 saturated heterocycles. The molecule has 2 aliphatic rings. The van der Waals surface area contributed by atoms with Crippen LogP contribution < -0.4 is 18.9 Å². The van der Waals surface area contributed by atoms with Crippen LogP contribution in [0, 0.1) is 0 Å². The second-order valence-corrected chi connectivity index (χ2v) is 9.00. The van der Waals surface area contributed by atoms with E-state index in [1.807, 2.05) is 24.3 Å². The Morgan fingerprint density at radius 1 is 1.03 bits per heavy atom. The van der Waals surface area contributed by atoms with Gasteiger partial charge in [-0.25, -0.2) is 0 Å². The summed E-state index contributed by atoms with van der Waals surface area (Å²) in [6.07, 6.45) is 0.935. The maximum absolute atomic E-state index is 6.68. The van der Waals surface area contributed by atoms with Crippen molar-refractivity contribution in [2.24, 2.45) is 0 Å². The van der Waals surface area contributed by atoms with Crippen LogP contribution in [0.1, 0.15) is 28.4 Å². The molecule has 4 aromatic rings. The molecule has 0 saturated carbocycles. The summed E-state index contributed by atoms with van der Waals surface area (Å²) >= 11 is 6.68. The smallest absolute Gasteiger partial charge is 0.231 e. The summed E-state index contributed by atoms with van der Waals surface area (Å²) in [6, 6.07) is 18.2. The zero-order valence-corrected chi connectivity index (χ0v) is 19.8. The van der Waals surface area contributed by atoms with Gasteiger partial charge in [0.05, 0.1) is 20.3 Å². The van der Waals surface area contributed by atoms with Gasteiger partial charge in [-0.3, -0.25) is 4.90 Å². The molecule has 34 heavy (non-hydrogen) atoms. The lowest BCUT2D eigenvalue weighted by Crippen LogP contribution is -2.36. The molecular formula is C27H25ClN2O4. The molecule has 0 bridgehead atoms. The Kier molecular flexibility index (Phi) is 5.27. The Hall–Kier alpha value is -3.35. The van der Waals surface area contributed by atoms with Gasteiger partial charge in [0.2, 0.25) is 6.79 Å². The van der Waals surface area contributed by atoms with E-state index >= 15 is 0 Å². The van der Waals surface area contributed by atoms with Crippen molar-refractivity contribution < 1.29 is 18.9 Å². The molecule has 6 nitrogen and oxygen atoms in total. The molecule has 0 radical (unpaired) electrons. The molecule has 2 aliphatic heterocycles. The highest BCUT2D eigenvalue weighted by atomic mass is 35.5. The summed E-state index contributed by atoms with van der Waals surface area (Å²) in [4.78, 5) is 6.14. The summed E-state index contributed by atoms with van der Waals surface area (Å²) < 4.78 is 22.5. The first-order valence-corrected chi connectivity index (χ1v) is 11.7. The number of fused-ring (bicyclic) bond motifs is 4. The molecule has 1 N–H and O–H groups in total. The molecule has 0 fully saturated rings. The average molecular weight is 477 g/mol. The van der Waals surface area contributed by atoms with Crippen LogP contribution in [0.15, 0.2) is 54.6 Å². The van der Waals surface area contributed by atoms with E-state index < -0.39 is 0 Å². The molecule has 1 atom stereocenters. The lowest BCUT2D eigenvalue weighted by molar-refractivity contribution is 0.173. The van der Waals surface area contributed by atoms with Gasteiger partial charge < -0.3 is 23.9 Å². The van der Waals surface area contributed by atoms with Gasteiger partial charge in [-0.2, -0.15) is 0 Å². The first-order valence-electron chi connectivity index (χ1n) is 11.3. The Morgan fingerprint density at radius 2 is 1.85 bits per heavy atom. The van der Waals surface area contributed by atoms with Crippen LogP contribution in [-0.2, 0) is 13.0 Å². The Balaban J connectivity index is 1.49. The van der Waals surface area contributed by atoms with E-state index in [4.69, 9.17) is 30.5 Å². The van der Waals surface area contributed by atoms with E-state index in [9.17, 15) is 0 Å². The molecule has 3 heterocycles. The summed E-state index contributed by atoms with van der Waals surface area (Å²) in [5.74, 6) is 3.04. The van der Waals surface area contributed by atoms with E-state index in [0.29, 0.717) is 17.3 Å². The van der Waals surface area contributed by atoms with Crippen molar-refractivity contribution in [2.45, 2.75) is 19.0 Å². The quantitative estimate of drug-likeness (QED) is 0.399. The highest BCUT2D eigenvalue weighted by molar-refractivity contribution is 6.31. The largest absolute Gasteiger partial charge is 0.497 e. The number of para-hydroxylation sites is 1. The SMILES string of the molecule is COc1ccc(OC)c(C2c3[nH]c4ccccc4c3CCN2Cc2cc3c(cc2Cl)OCO3)c1. The van der Waals surface area contributed by atoms with Gasteiger partial charge in [0.25, 0.3) is 0 Å². The number of nitrogens with one attached hydrogen (secondary N) is 1. The third-order valence-electron chi connectivity index (χ3n) is 6.78. The molecule has 3 aromatic carbocycles. The average Bonchev–Trinajstić information content (AvgIpc) is 3.47. The lowest BCUT2D eigenvalue weighted by Gasteiger charge is -2.37. The minimum absolute atomic E-state index is 0.0670. The number of hydrogen-bond acceptors (Lipinski definition) is 5. The third kappa shape index (κ3) is 3.45. The molecule has 7 heteroatoms. The fourth-order valence-corrected chi connectivity index (χ4v) is 5.38. The minimum Gasteiger partial charge on any atom is -0.497 e. The van der Waals surface area contributed by atoms with Crippen LogP contribution in [-0.4, -0.2) is 37.4 Å². The normalized spacial score (nSPS) is 17.1. The fourth-order valence-electron chi connectivity index (χ4n) is 5.17. The van der Waals surface area contributed by atoms with Gasteiger partial charge in [-0.05, 0) is 47.9 Å². The number of halogens is 1. The predicted octanol–water partition coefficient (Wildman–Crippen LogP) is 5.71. The van der Waals surface area contributed by atoms with Crippen molar-refractivity contribution in [2.75, 3.05) is 27.6 Å². The molecular weight excluding hydrogens is 452 g/mol. The number of nitrogens with zero attached hydrogens (tertiary/aromatic N) is 1. The van der Waals surface area contributed by atoms with Crippen molar-refractivity contribution in [3.8, 4) is 23.0 Å². The van der Waals surface area contributed by atoms with Gasteiger partial charge >= 0.3 is 0 Å². The fraction of sp³-hybridized carbons (Fsp3) is 0.259. The van der Waals surface area contributed by atoms with Crippen molar-refractivity contribution in [1.29, 1.82) is 0 Å². The van der Waals surface area contributed by atoms with Gasteiger partial charge in [-0.15, -0.1) is 0 Å². The van der Waals surface area contributed by atoms with Crippen LogP contribution in [0.2, 0.25) is 5.02 Å². The minimum atomic E-state index is -0.0670. The second kappa shape index (κ2) is 8.46. The van der Waals surface area contributed by atoms with Gasteiger partial charge in [0.1, 0.15) is 11.5 Å². The van der Waals surface area contributed by atoms with Crippen molar-refractivity contribution in [3.63, 3.8) is 0 Å². The Morgan fingerprint density at radius 3 is 2.68 bits per heavy atom. The van der Waals surface area contributed by atoms with Crippen LogP contribution in [0.3, 0.4) is 0 Å². The van der Waals surface area contributed by atoms with Crippen LogP contribution in [0.5, 0.6) is 23.0 Å². The number of hydrogen-bond donors (Lipinski definition) is 1. The predicted molar refractivity (Wildman–Crippen MR) is 131 cm³/mol. The maximum Gasteiger partial charge on any atom is 0.231 e. The standard InChI is InChI=1S/C27H25ClN2O4/c1-31-17-7-8-23(32-2)20(12-17)27-26-19(18-5-3-4-6-22(18)29-26)9-10-30(27)14-16-11-24-25(13-21(16)28)34-15-33-24/h3-8,11-13,27,29H,9-10,14-15H2,1-2H3. The number of H-pyrrole nitrogens is 1. The van der Waals surface area contributed by atoms with Gasteiger partial charge in [0, 0.05) is 46.3 Å². The van der Waals surface area contributed by atoms with Crippen LogP contribution in [0.25, 0.3) is 10.9 Å². The van der Waals surface area contributed by atoms with E-state index in [2.05, 4.69) is 40.2 Å². The summed E-state index contributed by atoms with van der Waals surface area (Å²) in [6.45, 7) is 1.74. The van der Waals surface area contributed by atoms with E-state index in [1.165, 1.54) is 16.6 Å². The summed E-state index contributed by atoms with van der Waals surface area (Å²) in [7, 11) is 3.39. The number of ether oxygens (including phenoxy) is 4. The number of aromatic amines is 1. The van der Waals surface area contributed by atoms with Crippen molar-refractivity contribution >= 4 is 22.5 Å². The zero-order valence-electron chi connectivity index (χ0n) is 19.1. The molecule has 0 spiro atoms. The van der Waals surface area contributed by atoms with E-state index in [0.717, 1.165) is 46.9 Å². The third-order valence-corrected chi connectivity index (χ3v) is 7.13. The maximum atomic E-state index is 6.68.